The van der Waals surface area contributed by atoms with Crippen LogP contribution in [0, 0.1) is 0 Å². The molecule has 1 amide bonds. The highest BCUT2D eigenvalue weighted by atomic mass is 35.5. The van der Waals surface area contributed by atoms with Gasteiger partial charge in [-0.05, 0) is 51.2 Å². The van der Waals surface area contributed by atoms with Gasteiger partial charge in [0.25, 0.3) is 0 Å². The van der Waals surface area contributed by atoms with Gasteiger partial charge in [0, 0.05) is 41.6 Å². The predicted octanol–water partition coefficient (Wildman–Crippen LogP) is 4.61. The van der Waals surface area contributed by atoms with E-state index >= 15 is 0 Å². The van der Waals surface area contributed by atoms with E-state index in [1.807, 2.05) is 38.2 Å². The third-order valence-electron chi connectivity index (χ3n) is 6.87. The number of hydrogen-bond acceptors (Lipinski definition) is 5. The second kappa shape index (κ2) is 8.16. The van der Waals surface area contributed by atoms with E-state index in [0.29, 0.717) is 17.5 Å². The van der Waals surface area contributed by atoms with Gasteiger partial charge >= 0.3 is 0 Å². The lowest BCUT2D eigenvalue weighted by molar-refractivity contribution is -0.133. The first kappa shape index (κ1) is 21.4. The normalized spacial score (nSPS) is 28.5. The molecule has 32 heavy (non-hydrogen) atoms. The molecule has 3 heterocycles. The second-order valence-corrected chi connectivity index (χ2v) is 9.84. The SMILES string of the molecule is C[C@H]1C[C@@H](N2C(=O)C[C@@](C)(c3cccc(-c4ccc(C5CC5)nc4)c3Cl)N=C2N)CCO1. The standard InChI is InChI=1S/C25H29ClN4O2/c1-15-12-18(10-11-32-15)30-22(31)13-25(2,29-24(30)27)20-5-3-4-19(23(20)26)17-8-9-21(28-14-17)16-6-7-16/h3-5,8-9,14-16,18H,6-7,10-13H2,1-2H3,(H2,27,29)/t15-,18-,25-/m0/s1. The van der Waals surface area contributed by atoms with E-state index < -0.39 is 5.54 Å². The largest absolute Gasteiger partial charge is 0.378 e. The van der Waals surface area contributed by atoms with Crippen molar-refractivity contribution in [3.63, 3.8) is 0 Å². The quantitative estimate of drug-likeness (QED) is 0.734. The molecule has 0 spiro atoms. The van der Waals surface area contributed by atoms with E-state index in [1.165, 1.54) is 12.8 Å². The summed E-state index contributed by atoms with van der Waals surface area (Å²) in [5.74, 6) is 0.854. The van der Waals surface area contributed by atoms with Crippen molar-refractivity contribution >= 4 is 23.5 Å². The van der Waals surface area contributed by atoms with Gasteiger partial charge in [-0.2, -0.15) is 0 Å². The van der Waals surface area contributed by atoms with Crippen LogP contribution in [0.3, 0.4) is 0 Å². The van der Waals surface area contributed by atoms with Crippen molar-refractivity contribution in [2.45, 2.75) is 69.6 Å². The molecular weight excluding hydrogens is 424 g/mol. The maximum atomic E-state index is 13.2. The fourth-order valence-electron chi connectivity index (χ4n) is 4.96. The van der Waals surface area contributed by atoms with Crippen molar-refractivity contribution in [1.82, 2.24) is 9.88 Å². The number of guanidine groups is 1. The zero-order valence-electron chi connectivity index (χ0n) is 18.6. The molecule has 1 saturated heterocycles. The minimum absolute atomic E-state index is 0.0176. The summed E-state index contributed by atoms with van der Waals surface area (Å²) in [6, 6.07) is 10.1. The first-order valence-electron chi connectivity index (χ1n) is 11.4. The van der Waals surface area contributed by atoms with E-state index in [1.54, 1.807) is 4.90 Å². The van der Waals surface area contributed by atoms with Crippen LogP contribution in [0.4, 0.5) is 0 Å². The number of amides is 1. The van der Waals surface area contributed by atoms with Gasteiger partial charge in [-0.3, -0.25) is 14.7 Å². The fourth-order valence-corrected chi connectivity index (χ4v) is 5.40. The first-order chi connectivity index (χ1) is 15.4. The molecular formula is C25H29ClN4O2. The molecule has 7 heteroatoms. The monoisotopic (exact) mass is 452 g/mol. The van der Waals surface area contributed by atoms with Gasteiger partial charge in [-0.1, -0.05) is 35.9 Å². The number of nitrogens with zero attached hydrogens (tertiary/aromatic N) is 3. The van der Waals surface area contributed by atoms with Crippen LogP contribution >= 0.6 is 11.6 Å². The topological polar surface area (TPSA) is 80.8 Å². The number of carbonyl (C=O) groups excluding carboxylic acids is 1. The van der Waals surface area contributed by atoms with Crippen LogP contribution in [-0.4, -0.2) is 40.5 Å². The molecule has 168 valence electrons. The van der Waals surface area contributed by atoms with Gasteiger partial charge in [-0.15, -0.1) is 0 Å². The van der Waals surface area contributed by atoms with Gasteiger partial charge < -0.3 is 10.5 Å². The minimum atomic E-state index is -0.817. The number of aliphatic imine (C=N–C) groups is 1. The molecule has 5 rings (SSSR count). The van der Waals surface area contributed by atoms with Gasteiger partial charge in [0.05, 0.1) is 23.1 Å². The Hall–Kier alpha value is -2.44. The number of rotatable bonds is 4. The Morgan fingerprint density at radius 1 is 1.22 bits per heavy atom. The fraction of sp³-hybridized carbons (Fsp3) is 0.480. The molecule has 1 aromatic carbocycles. The average molecular weight is 453 g/mol. The number of halogens is 1. The van der Waals surface area contributed by atoms with Crippen LogP contribution in [0.15, 0.2) is 41.5 Å². The molecule has 0 radical (unpaired) electrons. The lowest BCUT2D eigenvalue weighted by atomic mass is 9.85. The zero-order chi connectivity index (χ0) is 22.5. The van der Waals surface area contributed by atoms with Crippen LogP contribution in [-0.2, 0) is 15.1 Å². The Kier molecular flexibility index (Phi) is 5.46. The molecule has 6 nitrogen and oxygen atoms in total. The van der Waals surface area contributed by atoms with E-state index in [2.05, 4.69) is 17.1 Å². The third-order valence-corrected chi connectivity index (χ3v) is 7.27. The summed E-state index contributed by atoms with van der Waals surface area (Å²) in [6.07, 6.45) is 6.19. The summed E-state index contributed by atoms with van der Waals surface area (Å²) in [5, 5.41) is 0.591. The zero-order valence-corrected chi connectivity index (χ0v) is 19.3. The molecule has 0 unspecified atom stereocenters. The van der Waals surface area contributed by atoms with Crippen molar-refractivity contribution < 1.29 is 9.53 Å². The highest BCUT2D eigenvalue weighted by molar-refractivity contribution is 6.34. The van der Waals surface area contributed by atoms with Crippen LogP contribution in [0.2, 0.25) is 5.02 Å². The third kappa shape index (κ3) is 3.90. The minimum Gasteiger partial charge on any atom is -0.378 e. The number of hydrogen-bond donors (Lipinski definition) is 1. The van der Waals surface area contributed by atoms with E-state index in [-0.39, 0.29) is 30.4 Å². The Morgan fingerprint density at radius 2 is 2.03 bits per heavy atom. The molecule has 2 aromatic rings. The lowest BCUT2D eigenvalue weighted by Crippen LogP contribution is -2.56. The second-order valence-electron chi connectivity index (χ2n) is 9.46. The summed E-state index contributed by atoms with van der Waals surface area (Å²) < 4.78 is 5.63. The molecule has 0 bridgehead atoms. The number of ether oxygens (including phenoxy) is 1. The van der Waals surface area contributed by atoms with Gasteiger partial charge in [0.15, 0.2) is 5.96 Å². The van der Waals surface area contributed by atoms with Crippen molar-refractivity contribution in [3.05, 3.63) is 52.8 Å². The molecule has 2 N–H and O–H groups in total. The summed E-state index contributed by atoms with van der Waals surface area (Å²) in [4.78, 5) is 24.4. The molecule has 2 fully saturated rings. The van der Waals surface area contributed by atoms with Crippen LogP contribution in [0.5, 0.6) is 0 Å². The van der Waals surface area contributed by atoms with Gasteiger partial charge in [0.1, 0.15) is 0 Å². The maximum Gasteiger partial charge on any atom is 0.232 e. The first-order valence-corrected chi connectivity index (χ1v) is 11.8. The summed E-state index contributed by atoms with van der Waals surface area (Å²) in [6.45, 7) is 4.58. The summed E-state index contributed by atoms with van der Waals surface area (Å²) in [5.41, 5.74) is 9.35. The summed E-state index contributed by atoms with van der Waals surface area (Å²) >= 11 is 6.90. The highest BCUT2D eigenvalue weighted by Crippen LogP contribution is 2.43. The lowest BCUT2D eigenvalue weighted by Gasteiger charge is -2.41. The van der Waals surface area contributed by atoms with E-state index in [0.717, 1.165) is 35.2 Å². The van der Waals surface area contributed by atoms with Crippen molar-refractivity contribution in [1.29, 1.82) is 0 Å². The van der Waals surface area contributed by atoms with Crippen molar-refractivity contribution in [2.24, 2.45) is 10.7 Å². The van der Waals surface area contributed by atoms with Crippen LogP contribution in [0.25, 0.3) is 11.1 Å². The van der Waals surface area contributed by atoms with Gasteiger partial charge in [0.2, 0.25) is 5.91 Å². The van der Waals surface area contributed by atoms with E-state index in [4.69, 9.17) is 27.1 Å². The predicted molar refractivity (Wildman–Crippen MR) is 126 cm³/mol. The van der Waals surface area contributed by atoms with E-state index in [9.17, 15) is 4.79 Å². The molecule has 3 aliphatic rings. The Balaban J connectivity index is 1.46. The van der Waals surface area contributed by atoms with Crippen LogP contribution < -0.4 is 5.73 Å². The smallest absolute Gasteiger partial charge is 0.232 e. The molecule has 3 atom stereocenters. The van der Waals surface area contributed by atoms with Crippen molar-refractivity contribution in [3.8, 4) is 11.1 Å². The number of pyridine rings is 1. The molecule has 1 aliphatic carbocycles. The Labute approximate surface area is 193 Å². The number of carbonyl (C=O) groups is 1. The van der Waals surface area contributed by atoms with Crippen LogP contribution in [0.1, 0.15) is 63.1 Å². The van der Waals surface area contributed by atoms with Gasteiger partial charge in [-0.25, -0.2) is 4.99 Å². The number of nitrogens with two attached hydrogens (primary N) is 1. The summed E-state index contributed by atoms with van der Waals surface area (Å²) in [7, 11) is 0. The highest BCUT2D eigenvalue weighted by Gasteiger charge is 2.42. The Bertz CT molecular complexity index is 1070. The average Bonchev–Trinajstić information content (AvgIpc) is 3.59. The van der Waals surface area contributed by atoms with Crippen molar-refractivity contribution in [2.75, 3.05) is 6.61 Å². The Morgan fingerprint density at radius 3 is 2.69 bits per heavy atom. The molecule has 1 aromatic heterocycles. The number of benzene rings is 1. The maximum absolute atomic E-state index is 13.2. The molecule has 2 aliphatic heterocycles. The molecule has 1 saturated carbocycles. The number of aromatic nitrogens is 1.